The van der Waals surface area contributed by atoms with Crippen LogP contribution in [0.2, 0.25) is 0 Å². The summed E-state index contributed by atoms with van der Waals surface area (Å²) in [7, 11) is 0. The molecule has 1 saturated heterocycles. The number of hydrogen-bond acceptors (Lipinski definition) is 2. The number of nitrogens with zero attached hydrogens (tertiary/aromatic N) is 3. The molecule has 2 rings (SSSR count). The van der Waals surface area contributed by atoms with Crippen LogP contribution in [0.25, 0.3) is 0 Å². The number of rotatable bonds is 6. The smallest absolute Gasteiger partial charge is 0.0518 e. The van der Waals surface area contributed by atoms with E-state index < -0.39 is 0 Å². The lowest BCUT2D eigenvalue weighted by molar-refractivity contribution is 0.173. The van der Waals surface area contributed by atoms with E-state index in [4.69, 9.17) is 0 Å². The largest absolute Gasteiger partial charge is 0.303 e. The van der Waals surface area contributed by atoms with Gasteiger partial charge in [0.2, 0.25) is 0 Å². The summed E-state index contributed by atoms with van der Waals surface area (Å²) in [6, 6.07) is 0. The standard InChI is InChI=1S/C15H27N3/c1-3-4-8-17-9-5-15(6-10-17)7-11-18-13-14(2)12-16-18/h12-13,15H,3-11H2,1-2H3. The van der Waals surface area contributed by atoms with Crippen molar-refractivity contribution in [1.82, 2.24) is 14.7 Å². The van der Waals surface area contributed by atoms with Gasteiger partial charge in [0.05, 0.1) is 6.20 Å². The number of aromatic nitrogens is 2. The van der Waals surface area contributed by atoms with Gasteiger partial charge in [-0.3, -0.25) is 4.68 Å². The highest BCUT2D eigenvalue weighted by Crippen LogP contribution is 2.21. The molecule has 3 nitrogen and oxygen atoms in total. The number of hydrogen-bond donors (Lipinski definition) is 0. The summed E-state index contributed by atoms with van der Waals surface area (Å²) < 4.78 is 2.10. The van der Waals surface area contributed by atoms with Gasteiger partial charge in [0.25, 0.3) is 0 Å². The van der Waals surface area contributed by atoms with E-state index in [1.165, 1.54) is 57.3 Å². The zero-order valence-electron chi connectivity index (χ0n) is 11.9. The van der Waals surface area contributed by atoms with E-state index in [0.717, 1.165) is 12.5 Å². The molecule has 3 heteroatoms. The van der Waals surface area contributed by atoms with Crippen molar-refractivity contribution in [3.05, 3.63) is 18.0 Å². The van der Waals surface area contributed by atoms with Gasteiger partial charge in [-0.2, -0.15) is 5.10 Å². The molecule has 0 aliphatic carbocycles. The van der Waals surface area contributed by atoms with Gasteiger partial charge in [-0.15, -0.1) is 0 Å². The number of aryl methyl sites for hydroxylation is 2. The van der Waals surface area contributed by atoms with Crippen molar-refractivity contribution in [3.8, 4) is 0 Å². The Morgan fingerprint density at radius 2 is 2.06 bits per heavy atom. The minimum atomic E-state index is 0.910. The van der Waals surface area contributed by atoms with Gasteiger partial charge in [0, 0.05) is 12.7 Å². The second kappa shape index (κ2) is 6.93. The summed E-state index contributed by atoms with van der Waals surface area (Å²) in [5.41, 5.74) is 1.27. The van der Waals surface area contributed by atoms with Crippen molar-refractivity contribution in [2.45, 2.75) is 52.5 Å². The van der Waals surface area contributed by atoms with Gasteiger partial charge in [-0.05, 0) is 63.7 Å². The molecule has 0 N–H and O–H groups in total. The summed E-state index contributed by atoms with van der Waals surface area (Å²) in [5, 5.41) is 4.36. The van der Waals surface area contributed by atoms with Crippen LogP contribution in [-0.4, -0.2) is 34.3 Å². The summed E-state index contributed by atoms with van der Waals surface area (Å²) in [6.07, 6.45) is 10.8. The summed E-state index contributed by atoms with van der Waals surface area (Å²) in [6.45, 7) is 9.40. The maximum absolute atomic E-state index is 4.36. The van der Waals surface area contributed by atoms with Crippen molar-refractivity contribution < 1.29 is 0 Å². The molecular formula is C15H27N3. The van der Waals surface area contributed by atoms with Gasteiger partial charge >= 0.3 is 0 Å². The molecule has 0 spiro atoms. The molecule has 1 aliphatic rings. The van der Waals surface area contributed by atoms with E-state index in [9.17, 15) is 0 Å². The number of unbranched alkanes of at least 4 members (excludes halogenated alkanes) is 1. The second-order valence-electron chi connectivity index (χ2n) is 5.71. The van der Waals surface area contributed by atoms with Crippen LogP contribution < -0.4 is 0 Å². The molecule has 102 valence electrons. The van der Waals surface area contributed by atoms with Gasteiger partial charge < -0.3 is 4.90 Å². The second-order valence-corrected chi connectivity index (χ2v) is 5.71. The molecular weight excluding hydrogens is 222 g/mol. The molecule has 0 aromatic carbocycles. The van der Waals surface area contributed by atoms with Crippen molar-refractivity contribution in [2.24, 2.45) is 5.92 Å². The molecule has 1 fully saturated rings. The third kappa shape index (κ3) is 4.13. The van der Waals surface area contributed by atoms with E-state index in [2.05, 4.69) is 34.7 Å². The SMILES string of the molecule is CCCCN1CCC(CCn2cc(C)cn2)CC1. The highest BCUT2D eigenvalue weighted by atomic mass is 15.3. The Bertz CT molecular complexity index is 337. The molecule has 0 saturated carbocycles. The predicted octanol–water partition coefficient (Wildman–Crippen LogP) is 3.09. The van der Waals surface area contributed by atoms with Crippen molar-refractivity contribution >= 4 is 0 Å². The normalized spacial score (nSPS) is 18.3. The first kappa shape index (κ1) is 13.6. The van der Waals surface area contributed by atoms with Gasteiger partial charge in [-0.25, -0.2) is 0 Å². The van der Waals surface area contributed by atoms with Crippen LogP contribution in [0.4, 0.5) is 0 Å². The fraction of sp³-hybridized carbons (Fsp3) is 0.800. The lowest BCUT2D eigenvalue weighted by Gasteiger charge is -2.31. The fourth-order valence-corrected chi connectivity index (χ4v) is 2.78. The predicted molar refractivity (Wildman–Crippen MR) is 75.7 cm³/mol. The molecule has 1 aromatic rings. The van der Waals surface area contributed by atoms with Crippen LogP contribution in [0.3, 0.4) is 0 Å². The summed E-state index contributed by atoms with van der Waals surface area (Å²) >= 11 is 0. The van der Waals surface area contributed by atoms with E-state index in [-0.39, 0.29) is 0 Å². The van der Waals surface area contributed by atoms with E-state index in [1.54, 1.807) is 0 Å². The van der Waals surface area contributed by atoms with E-state index >= 15 is 0 Å². The van der Waals surface area contributed by atoms with E-state index in [1.807, 2.05) is 6.20 Å². The fourth-order valence-electron chi connectivity index (χ4n) is 2.78. The first-order valence-electron chi connectivity index (χ1n) is 7.49. The highest BCUT2D eigenvalue weighted by molar-refractivity contribution is 4.99. The Morgan fingerprint density at radius 3 is 2.67 bits per heavy atom. The lowest BCUT2D eigenvalue weighted by Crippen LogP contribution is -2.34. The highest BCUT2D eigenvalue weighted by Gasteiger charge is 2.18. The minimum Gasteiger partial charge on any atom is -0.303 e. The zero-order valence-corrected chi connectivity index (χ0v) is 11.9. The summed E-state index contributed by atoms with van der Waals surface area (Å²) in [5.74, 6) is 0.910. The van der Waals surface area contributed by atoms with Crippen LogP contribution >= 0.6 is 0 Å². The Labute approximate surface area is 111 Å². The Kier molecular flexibility index (Phi) is 5.24. The summed E-state index contributed by atoms with van der Waals surface area (Å²) in [4.78, 5) is 2.64. The van der Waals surface area contributed by atoms with Crippen LogP contribution in [-0.2, 0) is 6.54 Å². The van der Waals surface area contributed by atoms with E-state index in [0.29, 0.717) is 0 Å². The molecule has 2 heterocycles. The van der Waals surface area contributed by atoms with Gasteiger partial charge in [0.1, 0.15) is 0 Å². The number of likely N-dealkylation sites (tertiary alicyclic amines) is 1. The molecule has 1 aromatic heterocycles. The van der Waals surface area contributed by atoms with Crippen molar-refractivity contribution in [1.29, 1.82) is 0 Å². The van der Waals surface area contributed by atoms with Crippen molar-refractivity contribution in [3.63, 3.8) is 0 Å². The Hall–Kier alpha value is -0.830. The van der Waals surface area contributed by atoms with Crippen LogP contribution in [0.15, 0.2) is 12.4 Å². The molecule has 0 bridgehead atoms. The van der Waals surface area contributed by atoms with Gasteiger partial charge in [-0.1, -0.05) is 13.3 Å². The molecule has 0 unspecified atom stereocenters. The van der Waals surface area contributed by atoms with Crippen LogP contribution in [0.5, 0.6) is 0 Å². The molecule has 0 atom stereocenters. The average molecular weight is 249 g/mol. The lowest BCUT2D eigenvalue weighted by atomic mass is 9.93. The molecule has 1 aliphatic heterocycles. The zero-order chi connectivity index (χ0) is 12.8. The Balaban J connectivity index is 1.64. The number of piperidine rings is 1. The third-order valence-electron chi connectivity index (χ3n) is 4.06. The molecule has 18 heavy (non-hydrogen) atoms. The Morgan fingerprint density at radius 1 is 1.28 bits per heavy atom. The molecule has 0 amide bonds. The average Bonchev–Trinajstić information content (AvgIpc) is 2.81. The minimum absolute atomic E-state index is 0.910. The van der Waals surface area contributed by atoms with Gasteiger partial charge in [0.15, 0.2) is 0 Å². The maximum atomic E-state index is 4.36. The first-order valence-corrected chi connectivity index (χ1v) is 7.49. The van der Waals surface area contributed by atoms with Crippen LogP contribution in [0.1, 0.15) is 44.6 Å². The molecule has 0 radical (unpaired) electrons. The topological polar surface area (TPSA) is 21.1 Å². The monoisotopic (exact) mass is 249 g/mol. The van der Waals surface area contributed by atoms with Crippen LogP contribution in [0, 0.1) is 12.8 Å². The first-order chi connectivity index (χ1) is 8.78. The third-order valence-corrected chi connectivity index (χ3v) is 4.06. The quantitative estimate of drug-likeness (QED) is 0.772. The maximum Gasteiger partial charge on any atom is 0.0518 e. The van der Waals surface area contributed by atoms with Crippen molar-refractivity contribution in [2.75, 3.05) is 19.6 Å².